The van der Waals surface area contributed by atoms with Gasteiger partial charge in [-0.1, -0.05) is 0 Å². The minimum absolute atomic E-state index is 1.34. The van der Waals surface area contributed by atoms with E-state index in [-0.39, 0.29) is 0 Å². The van der Waals surface area contributed by atoms with Crippen LogP contribution in [0.3, 0.4) is 0 Å². The van der Waals surface area contributed by atoms with E-state index in [1.54, 1.807) is 3.58 Å². The fourth-order valence-corrected chi connectivity index (χ4v) is 20.7. The Bertz CT molecular complexity index is 566. The number of unbranched alkanes of at least 4 members (excludes halogenated alkanes) is 3. The zero-order valence-electron chi connectivity index (χ0n) is 15.3. The van der Waals surface area contributed by atoms with Crippen molar-refractivity contribution >= 4 is 32.7 Å². The Morgan fingerprint density at radius 3 is 2.00 bits per heavy atom. The molecule has 1 aromatic heterocycles. The van der Waals surface area contributed by atoms with Crippen LogP contribution in [-0.4, -0.2) is 23.4 Å². The number of aromatic nitrogens is 1. The van der Waals surface area contributed by atoms with Gasteiger partial charge in [-0.05, 0) is 0 Å². The summed E-state index contributed by atoms with van der Waals surface area (Å²) in [4.78, 5) is 4.35. The predicted molar refractivity (Wildman–Crippen MR) is 106 cm³/mol. The summed E-state index contributed by atoms with van der Waals surface area (Å²) in [5.41, 5.74) is 0. The Hall–Kier alpha value is -0.571. The number of pyridine rings is 1. The van der Waals surface area contributed by atoms with Gasteiger partial charge in [0.2, 0.25) is 0 Å². The summed E-state index contributed by atoms with van der Waals surface area (Å²) < 4.78 is 6.39. The monoisotopic (exact) mass is 419 g/mol. The third kappa shape index (κ3) is 4.71. The zero-order chi connectivity index (χ0) is 16.5. The Morgan fingerprint density at radius 2 is 1.43 bits per heavy atom. The molecule has 0 unspecified atom stereocenters. The number of rotatable bonds is 10. The van der Waals surface area contributed by atoms with Gasteiger partial charge in [-0.2, -0.15) is 0 Å². The molecule has 0 saturated heterocycles. The molecule has 0 N–H and O–H groups in total. The topological polar surface area (TPSA) is 12.9 Å². The van der Waals surface area contributed by atoms with Gasteiger partial charge in [0.25, 0.3) is 0 Å². The first-order chi connectivity index (χ1) is 11.3. The Balaban J connectivity index is 2.51. The molecule has 0 saturated carbocycles. The van der Waals surface area contributed by atoms with Crippen molar-refractivity contribution in [3.8, 4) is 0 Å². The summed E-state index contributed by atoms with van der Waals surface area (Å²) in [5, 5.41) is 2.86. The molecular weight excluding hydrogens is 385 g/mol. The van der Waals surface area contributed by atoms with Crippen molar-refractivity contribution in [3.63, 3.8) is 0 Å². The van der Waals surface area contributed by atoms with Crippen LogP contribution in [0.5, 0.6) is 0 Å². The predicted octanol–water partition coefficient (Wildman–Crippen LogP) is 6.29. The van der Waals surface area contributed by atoms with Crippen molar-refractivity contribution in [2.75, 3.05) is 0 Å². The maximum absolute atomic E-state index is 4.35. The molecule has 0 aliphatic carbocycles. The van der Waals surface area contributed by atoms with E-state index in [1.165, 1.54) is 62.6 Å². The SMILES string of the molecule is CCC[CH2][Sn]([CH2]CCC)([CH2]CCC)[c]1cccc2cnccc12. The molecule has 0 bridgehead atoms. The molecule has 23 heavy (non-hydrogen) atoms. The summed E-state index contributed by atoms with van der Waals surface area (Å²) >= 11 is -2.34. The van der Waals surface area contributed by atoms with Crippen LogP contribution in [0.25, 0.3) is 10.8 Å². The molecule has 1 aromatic carbocycles. The number of hydrogen-bond acceptors (Lipinski definition) is 1. The van der Waals surface area contributed by atoms with Gasteiger partial charge in [-0.15, -0.1) is 0 Å². The summed E-state index contributed by atoms with van der Waals surface area (Å²) in [6, 6.07) is 9.29. The molecule has 0 atom stereocenters. The van der Waals surface area contributed by atoms with Gasteiger partial charge in [0, 0.05) is 0 Å². The number of benzene rings is 1. The second-order valence-corrected chi connectivity index (χ2v) is 20.1. The van der Waals surface area contributed by atoms with E-state index >= 15 is 0 Å². The zero-order valence-corrected chi connectivity index (χ0v) is 18.1. The number of hydrogen-bond donors (Lipinski definition) is 0. The van der Waals surface area contributed by atoms with Crippen molar-refractivity contribution in [2.45, 2.75) is 72.6 Å². The summed E-state index contributed by atoms with van der Waals surface area (Å²) in [6.45, 7) is 7.05. The van der Waals surface area contributed by atoms with E-state index in [1.807, 2.05) is 6.20 Å². The molecule has 126 valence electrons. The fourth-order valence-electron chi connectivity index (χ4n) is 3.91. The molecule has 2 heteroatoms. The average molecular weight is 418 g/mol. The maximum atomic E-state index is 4.35. The van der Waals surface area contributed by atoms with Crippen molar-refractivity contribution in [1.29, 1.82) is 0 Å². The molecule has 0 amide bonds. The molecule has 2 aromatic rings. The van der Waals surface area contributed by atoms with E-state index in [0.29, 0.717) is 0 Å². The van der Waals surface area contributed by atoms with Gasteiger partial charge in [0.1, 0.15) is 0 Å². The number of nitrogens with zero attached hydrogens (tertiary/aromatic N) is 1. The van der Waals surface area contributed by atoms with Crippen LogP contribution < -0.4 is 3.58 Å². The normalized spacial score (nSPS) is 12.0. The summed E-state index contributed by atoms with van der Waals surface area (Å²) in [6.07, 6.45) is 12.3. The third-order valence-electron chi connectivity index (χ3n) is 5.28. The molecular formula is C21H33NSn. The van der Waals surface area contributed by atoms with Gasteiger partial charge in [0.05, 0.1) is 0 Å². The van der Waals surface area contributed by atoms with E-state index in [0.717, 1.165) is 0 Å². The minimum atomic E-state index is -2.34. The fraction of sp³-hybridized carbons (Fsp3) is 0.571. The van der Waals surface area contributed by atoms with Crippen molar-refractivity contribution in [1.82, 2.24) is 4.98 Å². The Kier molecular flexibility index (Phi) is 7.88. The molecule has 0 radical (unpaired) electrons. The van der Waals surface area contributed by atoms with Crippen molar-refractivity contribution < 1.29 is 0 Å². The average Bonchev–Trinajstić information content (AvgIpc) is 2.61. The molecule has 0 aliphatic rings. The van der Waals surface area contributed by atoms with Gasteiger partial charge in [-0.3, -0.25) is 0 Å². The Labute approximate surface area is 146 Å². The van der Waals surface area contributed by atoms with E-state index in [2.05, 4.69) is 56.2 Å². The Morgan fingerprint density at radius 1 is 0.826 bits per heavy atom. The van der Waals surface area contributed by atoms with Crippen LogP contribution in [0.1, 0.15) is 59.3 Å². The van der Waals surface area contributed by atoms with Crippen LogP contribution in [0.4, 0.5) is 0 Å². The quantitative estimate of drug-likeness (QED) is 0.414. The van der Waals surface area contributed by atoms with Gasteiger partial charge >= 0.3 is 147 Å². The molecule has 0 spiro atoms. The first-order valence-corrected chi connectivity index (χ1v) is 17.1. The van der Waals surface area contributed by atoms with Gasteiger partial charge < -0.3 is 0 Å². The second-order valence-electron chi connectivity index (χ2n) is 6.99. The van der Waals surface area contributed by atoms with Crippen LogP contribution >= 0.6 is 0 Å². The molecule has 0 fully saturated rings. The molecule has 1 nitrogen and oxygen atoms in total. The van der Waals surface area contributed by atoms with E-state index < -0.39 is 18.4 Å². The van der Waals surface area contributed by atoms with E-state index in [9.17, 15) is 0 Å². The molecule has 0 aliphatic heterocycles. The van der Waals surface area contributed by atoms with Crippen molar-refractivity contribution in [3.05, 3.63) is 36.7 Å². The van der Waals surface area contributed by atoms with Crippen LogP contribution in [0.2, 0.25) is 13.3 Å². The summed E-state index contributed by atoms with van der Waals surface area (Å²) in [7, 11) is 0. The van der Waals surface area contributed by atoms with Crippen LogP contribution in [0.15, 0.2) is 36.7 Å². The van der Waals surface area contributed by atoms with Crippen LogP contribution in [0, 0.1) is 0 Å². The first kappa shape index (κ1) is 18.8. The van der Waals surface area contributed by atoms with Crippen LogP contribution in [-0.2, 0) is 0 Å². The van der Waals surface area contributed by atoms with Crippen molar-refractivity contribution in [2.24, 2.45) is 0 Å². The van der Waals surface area contributed by atoms with Gasteiger partial charge in [0.15, 0.2) is 0 Å². The standard InChI is InChI=1S/C9H6N.3C4H9.Sn/c1-2-4-9-7-10-6-5-8(9)3-1;3*1-3-4-2;/h1-2,4-7H;3*1,3-4H2,2H3;. The molecule has 1 heterocycles. The second kappa shape index (κ2) is 9.66. The molecule has 2 rings (SSSR count). The summed E-state index contributed by atoms with van der Waals surface area (Å²) in [5.74, 6) is 0. The first-order valence-electron chi connectivity index (χ1n) is 9.60. The van der Waals surface area contributed by atoms with E-state index in [4.69, 9.17) is 0 Å². The third-order valence-corrected chi connectivity index (χ3v) is 21.0. The van der Waals surface area contributed by atoms with Gasteiger partial charge in [-0.25, -0.2) is 0 Å². The number of fused-ring (bicyclic) bond motifs is 1.